The smallest absolute Gasteiger partial charge is 0.264 e. The molecule has 2 aromatic heterocycles. The number of fused-ring (bicyclic) bond motifs is 1. The van der Waals surface area contributed by atoms with Gasteiger partial charge in [0.2, 0.25) is 0 Å². The third kappa shape index (κ3) is 2.85. The molecule has 3 heterocycles. The van der Waals surface area contributed by atoms with Crippen LogP contribution in [0.3, 0.4) is 0 Å². The van der Waals surface area contributed by atoms with Crippen molar-refractivity contribution in [2.45, 2.75) is 31.4 Å². The second-order valence-corrected chi connectivity index (χ2v) is 7.29. The zero-order valence-corrected chi connectivity index (χ0v) is 14.0. The van der Waals surface area contributed by atoms with Gasteiger partial charge in [-0.05, 0) is 42.5 Å². The van der Waals surface area contributed by atoms with E-state index in [1.54, 1.807) is 18.4 Å². The van der Waals surface area contributed by atoms with Gasteiger partial charge in [0.15, 0.2) is 0 Å². The summed E-state index contributed by atoms with van der Waals surface area (Å²) < 4.78 is 6.41. The van der Waals surface area contributed by atoms with Crippen molar-refractivity contribution in [1.82, 2.24) is 4.90 Å². The second-order valence-electron chi connectivity index (χ2n) is 6.21. The number of amides is 1. The first kappa shape index (κ1) is 15.4. The molecule has 1 aromatic carbocycles. The highest BCUT2D eigenvalue weighted by atomic mass is 32.1. The van der Waals surface area contributed by atoms with Crippen LogP contribution in [-0.4, -0.2) is 28.5 Å². The largest absolute Gasteiger partial charge is 0.467 e. The van der Waals surface area contributed by atoms with Crippen LogP contribution in [0.4, 0.5) is 0 Å². The molecule has 2 atom stereocenters. The van der Waals surface area contributed by atoms with Crippen molar-refractivity contribution in [2.24, 2.45) is 0 Å². The van der Waals surface area contributed by atoms with E-state index in [1.165, 1.54) is 11.3 Å². The van der Waals surface area contributed by atoms with Gasteiger partial charge in [-0.3, -0.25) is 4.79 Å². The first-order valence-electron chi connectivity index (χ1n) is 8.23. The summed E-state index contributed by atoms with van der Waals surface area (Å²) >= 11 is 1.54. The van der Waals surface area contributed by atoms with Gasteiger partial charge in [-0.25, -0.2) is 0 Å². The fourth-order valence-corrected chi connectivity index (χ4v) is 4.45. The summed E-state index contributed by atoms with van der Waals surface area (Å²) in [6, 6.07) is 13.6. The predicted molar refractivity (Wildman–Crippen MR) is 94.2 cm³/mol. The lowest BCUT2D eigenvalue weighted by Gasteiger charge is -2.25. The third-order valence-corrected chi connectivity index (χ3v) is 5.75. The van der Waals surface area contributed by atoms with Crippen molar-refractivity contribution in [3.05, 3.63) is 59.4 Å². The summed E-state index contributed by atoms with van der Waals surface area (Å²) in [6.45, 7) is 0.753. The average Bonchev–Trinajstić information content (AvgIpc) is 3.33. The minimum Gasteiger partial charge on any atom is -0.467 e. The molecule has 24 heavy (non-hydrogen) atoms. The summed E-state index contributed by atoms with van der Waals surface area (Å²) in [6.07, 6.45) is 3.32. The number of nitrogens with zero attached hydrogens (tertiary/aromatic N) is 1. The van der Waals surface area contributed by atoms with E-state index < -0.39 is 6.10 Å². The highest BCUT2D eigenvalue weighted by molar-refractivity contribution is 7.20. The number of hydrogen-bond donors (Lipinski definition) is 1. The van der Waals surface area contributed by atoms with Gasteiger partial charge in [0.05, 0.1) is 11.1 Å². The van der Waals surface area contributed by atoms with E-state index >= 15 is 0 Å². The maximum Gasteiger partial charge on any atom is 0.264 e. The van der Waals surface area contributed by atoms with E-state index in [-0.39, 0.29) is 11.9 Å². The Morgan fingerprint density at radius 1 is 1.33 bits per heavy atom. The monoisotopic (exact) mass is 341 g/mol. The number of thiophene rings is 1. The Kier molecular flexibility index (Phi) is 4.12. The van der Waals surface area contributed by atoms with Gasteiger partial charge < -0.3 is 14.4 Å². The summed E-state index contributed by atoms with van der Waals surface area (Å²) in [5, 5.41) is 11.4. The van der Waals surface area contributed by atoms with Gasteiger partial charge in [-0.1, -0.05) is 18.2 Å². The number of carbonyl (C=O) groups is 1. The molecule has 0 bridgehead atoms. The van der Waals surface area contributed by atoms with Crippen molar-refractivity contribution >= 4 is 27.3 Å². The molecule has 1 fully saturated rings. The van der Waals surface area contributed by atoms with E-state index in [0.29, 0.717) is 12.2 Å². The van der Waals surface area contributed by atoms with Gasteiger partial charge in [0, 0.05) is 23.7 Å². The number of furan rings is 1. The summed E-state index contributed by atoms with van der Waals surface area (Å²) in [4.78, 5) is 15.6. The third-order valence-electron chi connectivity index (χ3n) is 4.64. The average molecular weight is 341 g/mol. The van der Waals surface area contributed by atoms with Crippen LogP contribution in [-0.2, 0) is 0 Å². The van der Waals surface area contributed by atoms with Crippen molar-refractivity contribution in [3.8, 4) is 0 Å². The fraction of sp³-hybridized carbons (Fsp3) is 0.316. The van der Waals surface area contributed by atoms with Crippen molar-refractivity contribution in [1.29, 1.82) is 0 Å². The Hall–Kier alpha value is -2.11. The van der Waals surface area contributed by atoms with Crippen molar-refractivity contribution in [3.63, 3.8) is 0 Å². The first-order chi connectivity index (χ1) is 11.7. The van der Waals surface area contributed by atoms with E-state index in [9.17, 15) is 9.90 Å². The van der Waals surface area contributed by atoms with Gasteiger partial charge in [0.1, 0.15) is 11.9 Å². The molecular weight excluding hydrogens is 322 g/mol. The van der Waals surface area contributed by atoms with Crippen LogP contribution < -0.4 is 0 Å². The summed E-state index contributed by atoms with van der Waals surface area (Å²) in [5.41, 5.74) is 0. The van der Waals surface area contributed by atoms with Gasteiger partial charge in [-0.2, -0.15) is 0 Å². The lowest BCUT2D eigenvalue weighted by Crippen LogP contribution is -2.36. The first-order valence-corrected chi connectivity index (χ1v) is 9.05. The van der Waals surface area contributed by atoms with Crippen LogP contribution in [0.5, 0.6) is 0 Å². The molecule has 1 amide bonds. The zero-order valence-electron chi connectivity index (χ0n) is 13.2. The Balaban J connectivity index is 1.52. The molecule has 1 aliphatic heterocycles. The van der Waals surface area contributed by atoms with E-state index in [0.717, 1.165) is 34.3 Å². The molecule has 3 aromatic rings. The van der Waals surface area contributed by atoms with Crippen LogP contribution >= 0.6 is 11.3 Å². The molecule has 0 spiro atoms. The van der Waals surface area contributed by atoms with Crippen LogP contribution in [0.25, 0.3) is 10.1 Å². The number of aliphatic hydroxyl groups excluding tert-OH is 1. The van der Waals surface area contributed by atoms with E-state index in [2.05, 4.69) is 0 Å². The van der Waals surface area contributed by atoms with Crippen molar-refractivity contribution in [2.75, 3.05) is 6.54 Å². The molecule has 5 heteroatoms. The number of benzene rings is 1. The molecule has 4 rings (SSSR count). The van der Waals surface area contributed by atoms with Crippen molar-refractivity contribution < 1.29 is 14.3 Å². The molecule has 1 aliphatic rings. The van der Waals surface area contributed by atoms with Gasteiger partial charge in [-0.15, -0.1) is 11.3 Å². The quantitative estimate of drug-likeness (QED) is 0.773. The molecule has 0 aliphatic carbocycles. The maximum atomic E-state index is 12.9. The summed E-state index contributed by atoms with van der Waals surface area (Å²) in [7, 11) is 0. The Bertz CT molecular complexity index is 806. The normalized spacial score (nSPS) is 19.0. The fourth-order valence-electron chi connectivity index (χ4n) is 3.43. The van der Waals surface area contributed by atoms with Gasteiger partial charge in [0.25, 0.3) is 5.91 Å². The number of hydrogen-bond acceptors (Lipinski definition) is 4. The van der Waals surface area contributed by atoms with Crippen LogP contribution in [0.15, 0.2) is 53.1 Å². The zero-order chi connectivity index (χ0) is 16.5. The lowest BCUT2D eigenvalue weighted by molar-refractivity contribution is 0.0646. The minimum atomic E-state index is -0.666. The van der Waals surface area contributed by atoms with Gasteiger partial charge >= 0.3 is 0 Å². The molecule has 1 N–H and O–H groups in total. The van der Waals surface area contributed by atoms with E-state index in [4.69, 9.17) is 4.42 Å². The number of carbonyl (C=O) groups excluding carboxylic acids is 1. The lowest BCUT2D eigenvalue weighted by atomic mass is 10.1. The SMILES string of the molecule is O=C(c1cc2ccccc2s1)N1CCC[C@@H]1C[C@H](O)c1ccco1. The Morgan fingerprint density at radius 3 is 3.00 bits per heavy atom. The Labute approximate surface area is 144 Å². The van der Waals surface area contributed by atoms with Crippen LogP contribution in [0.2, 0.25) is 0 Å². The maximum absolute atomic E-state index is 12.9. The molecule has 0 radical (unpaired) electrons. The predicted octanol–water partition coefficient (Wildman–Crippen LogP) is 4.22. The van der Waals surface area contributed by atoms with Crippen LogP contribution in [0, 0.1) is 0 Å². The highest BCUT2D eigenvalue weighted by Gasteiger charge is 2.32. The minimum absolute atomic E-state index is 0.0582. The topological polar surface area (TPSA) is 53.7 Å². The highest BCUT2D eigenvalue weighted by Crippen LogP contribution is 2.32. The molecule has 4 nitrogen and oxygen atoms in total. The van der Waals surface area contributed by atoms with E-state index in [1.807, 2.05) is 35.2 Å². The number of rotatable bonds is 4. The molecule has 0 saturated carbocycles. The standard InChI is InChI=1S/C19H19NO3S/c21-15(16-7-4-10-23-16)12-14-6-3-9-20(14)19(22)18-11-13-5-1-2-8-17(13)24-18/h1-2,4-5,7-8,10-11,14-15,21H,3,6,9,12H2/t14-,15+/m1/s1. The summed E-state index contributed by atoms with van der Waals surface area (Å²) in [5.74, 6) is 0.640. The second kappa shape index (κ2) is 6.42. The molecular formula is C19H19NO3S. The number of aliphatic hydroxyl groups is 1. The van der Waals surface area contributed by atoms with Crippen LogP contribution in [0.1, 0.15) is 40.8 Å². The molecule has 124 valence electrons. The Morgan fingerprint density at radius 2 is 2.21 bits per heavy atom. The molecule has 1 saturated heterocycles. The molecule has 0 unspecified atom stereocenters. The number of likely N-dealkylation sites (tertiary alicyclic amines) is 1.